The van der Waals surface area contributed by atoms with E-state index in [1.54, 1.807) is 7.05 Å². The number of thiocarbonyl (C=S) groups is 1. The summed E-state index contributed by atoms with van der Waals surface area (Å²) in [6.45, 7) is 0.569. The van der Waals surface area contributed by atoms with Crippen molar-refractivity contribution in [1.29, 1.82) is 0 Å². The van der Waals surface area contributed by atoms with Crippen molar-refractivity contribution in [2.45, 2.75) is 24.2 Å². The predicted octanol–water partition coefficient (Wildman–Crippen LogP) is 1.14. The smallest absolute Gasteiger partial charge is 0.244 e. The minimum absolute atomic E-state index is 0.159. The lowest BCUT2D eigenvalue weighted by Gasteiger charge is -2.29. The molecule has 1 aromatic rings. The van der Waals surface area contributed by atoms with E-state index in [1.807, 2.05) is 0 Å². The van der Waals surface area contributed by atoms with Crippen LogP contribution in [0, 0.1) is 5.92 Å². The molecule has 0 amide bonds. The average molecular weight is 299 g/mol. The molecule has 0 atom stereocenters. The zero-order valence-electron chi connectivity index (χ0n) is 10.7. The van der Waals surface area contributed by atoms with Crippen molar-refractivity contribution in [1.82, 2.24) is 9.29 Å². The second kappa shape index (κ2) is 5.52. The van der Waals surface area contributed by atoms with Gasteiger partial charge >= 0.3 is 0 Å². The lowest BCUT2D eigenvalue weighted by molar-refractivity contribution is 0.263. The van der Waals surface area contributed by atoms with Crippen molar-refractivity contribution in [2.24, 2.45) is 11.7 Å². The van der Waals surface area contributed by atoms with Gasteiger partial charge in [0.25, 0.3) is 0 Å². The number of rotatable bonds is 5. The number of nitrogens with two attached hydrogens (primary N) is 1. The minimum Gasteiger partial charge on any atom is -0.388 e. The third-order valence-corrected chi connectivity index (χ3v) is 5.45. The Morgan fingerprint density at radius 1 is 1.53 bits per heavy atom. The van der Waals surface area contributed by atoms with Gasteiger partial charge in [-0.05, 0) is 30.9 Å². The SMILES string of the molecule is CN(CC1CCC1)S(=O)(=O)c1ccc(C(N)=S)nc1. The van der Waals surface area contributed by atoms with Gasteiger partial charge in [-0.15, -0.1) is 0 Å². The van der Waals surface area contributed by atoms with Gasteiger partial charge in [-0.3, -0.25) is 4.98 Å². The third kappa shape index (κ3) is 3.10. The molecule has 1 fully saturated rings. The van der Waals surface area contributed by atoms with Crippen LogP contribution in [0.2, 0.25) is 0 Å². The van der Waals surface area contributed by atoms with E-state index >= 15 is 0 Å². The molecule has 0 bridgehead atoms. The predicted molar refractivity (Wildman–Crippen MR) is 77.3 cm³/mol. The Hall–Kier alpha value is -1.05. The van der Waals surface area contributed by atoms with Crippen LogP contribution in [0.5, 0.6) is 0 Å². The Bertz CT molecular complexity index is 565. The highest BCUT2D eigenvalue weighted by Gasteiger charge is 2.26. The van der Waals surface area contributed by atoms with Crippen LogP contribution in [0.4, 0.5) is 0 Å². The number of sulfonamides is 1. The maximum atomic E-state index is 12.3. The van der Waals surface area contributed by atoms with Crippen molar-refractivity contribution in [3.8, 4) is 0 Å². The van der Waals surface area contributed by atoms with E-state index in [1.165, 1.54) is 29.1 Å². The molecular formula is C12H17N3O2S2. The standard InChI is InChI=1S/C12H17N3O2S2/c1-15(8-9-3-2-4-9)19(16,17)10-5-6-11(12(13)18)14-7-10/h5-7,9H,2-4,8H2,1H3,(H2,13,18). The highest BCUT2D eigenvalue weighted by Crippen LogP contribution is 2.28. The molecule has 0 aliphatic heterocycles. The number of hydrogen-bond donors (Lipinski definition) is 1. The average Bonchev–Trinajstić information content (AvgIpc) is 2.33. The molecule has 1 aliphatic rings. The summed E-state index contributed by atoms with van der Waals surface area (Å²) in [4.78, 5) is 4.30. The van der Waals surface area contributed by atoms with Gasteiger partial charge in [0, 0.05) is 19.8 Å². The first-order valence-corrected chi connectivity index (χ1v) is 7.98. The molecule has 19 heavy (non-hydrogen) atoms. The second-order valence-corrected chi connectivity index (χ2v) is 7.31. The molecule has 1 heterocycles. The highest BCUT2D eigenvalue weighted by molar-refractivity contribution is 7.89. The van der Waals surface area contributed by atoms with E-state index in [0.717, 1.165) is 12.8 Å². The van der Waals surface area contributed by atoms with Crippen LogP contribution >= 0.6 is 12.2 Å². The summed E-state index contributed by atoms with van der Waals surface area (Å²) in [5.41, 5.74) is 5.86. The molecule has 0 unspecified atom stereocenters. The zero-order chi connectivity index (χ0) is 14.0. The first kappa shape index (κ1) is 14.4. The van der Waals surface area contributed by atoms with Gasteiger partial charge in [0.1, 0.15) is 9.88 Å². The van der Waals surface area contributed by atoms with Gasteiger partial charge < -0.3 is 5.73 Å². The summed E-state index contributed by atoms with van der Waals surface area (Å²) >= 11 is 4.79. The van der Waals surface area contributed by atoms with Crippen LogP contribution in [0.25, 0.3) is 0 Å². The molecule has 1 aromatic heterocycles. The van der Waals surface area contributed by atoms with E-state index in [-0.39, 0.29) is 9.88 Å². The van der Waals surface area contributed by atoms with Crippen LogP contribution in [0.3, 0.4) is 0 Å². The monoisotopic (exact) mass is 299 g/mol. The molecule has 1 saturated carbocycles. The summed E-state index contributed by atoms with van der Waals surface area (Å²) in [7, 11) is -1.86. The second-order valence-electron chi connectivity index (χ2n) is 4.83. The zero-order valence-corrected chi connectivity index (χ0v) is 12.4. The fourth-order valence-corrected chi connectivity index (χ4v) is 3.31. The molecule has 0 radical (unpaired) electrons. The van der Waals surface area contributed by atoms with Crippen LogP contribution in [-0.4, -0.2) is 36.3 Å². The molecule has 2 rings (SSSR count). The van der Waals surface area contributed by atoms with Gasteiger partial charge in [-0.2, -0.15) is 0 Å². The van der Waals surface area contributed by atoms with Crippen LogP contribution in [-0.2, 0) is 10.0 Å². The summed E-state index contributed by atoms with van der Waals surface area (Å²) < 4.78 is 26.0. The van der Waals surface area contributed by atoms with Gasteiger partial charge in [-0.25, -0.2) is 12.7 Å². The van der Waals surface area contributed by atoms with Gasteiger partial charge in [0.2, 0.25) is 10.0 Å². The van der Waals surface area contributed by atoms with E-state index < -0.39 is 10.0 Å². The van der Waals surface area contributed by atoms with Crippen molar-refractivity contribution >= 4 is 27.2 Å². The summed E-state index contributed by atoms with van der Waals surface area (Å²) in [6, 6.07) is 3.03. The molecule has 2 N–H and O–H groups in total. The maximum Gasteiger partial charge on any atom is 0.244 e. The molecule has 0 aromatic carbocycles. The van der Waals surface area contributed by atoms with Crippen LogP contribution in [0.15, 0.2) is 23.2 Å². The Kier molecular flexibility index (Phi) is 4.17. The largest absolute Gasteiger partial charge is 0.388 e. The summed E-state index contributed by atoms with van der Waals surface area (Å²) in [5.74, 6) is 0.489. The lowest BCUT2D eigenvalue weighted by atomic mass is 9.86. The Morgan fingerprint density at radius 3 is 2.63 bits per heavy atom. The quantitative estimate of drug-likeness (QED) is 0.825. The molecule has 7 heteroatoms. The van der Waals surface area contributed by atoms with Gasteiger partial charge in [0.05, 0.1) is 5.69 Å². The normalized spacial score (nSPS) is 16.3. The summed E-state index contributed by atoms with van der Waals surface area (Å²) in [5, 5.41) is 0. The van der Waals surface area contributed by atoms with E-state index in [4.69, 9.17) is 18.0 Å². The molecule has 5 nitrogen and oxygen atoms in total. The first-order valence-electron chi connectivity index (χ1n) is 6.13. The van der Waals surface area contributed by atoms with E-state index in [0.29, 0.717) is 18.2 Å². The Morgan fingerprint density at radius 2 is 2.21 bits per heavy atom. The fourth-order valence-electron chi connectivity index (χ4n) is 2.00. The first-order chi connectivity index (χ1) is 8.91. The fraction of sp³-hybridized carbons (Fsp3) is 0.500. The van der Waals surface area contributed by atoms with Crippen molar-refractivity contribution in [3.05, 3.63) is 24.0 Å². The van der Waals surface area contributed by atoms with Crippen molar-refractivity contribution in [2.75, 3.05) is 13.6 Å². The molecular weight excluding hydrogens is 282 g/mol. The topological polar surface area (TPSA) is 76.3 Å². The Balaban J connectivity index is 2.15. The summed E-state index contributed by atoms with van der Waals surface area (Å²) in [6.07, 6.45) is 4.72. The number of hydrogen-bond acceptors (Lipinski definition) is 4. The maximum absolute atomic E-state index is 12.3. The highest BCUT2D eigenvalue weighted by atomic mass is 32.2. The van der Waals surface area contributed by atoms with Gasteiger partial charge in [-0.1, -0.05) is 18.6 Å². The van der Waals surface area contributed by atoms with Crippen LogP contribution < -0.4 is 5.73 Å². The molecule has 0 saturated heterocycles. The third-order valence-electron chi connectivity index (χ3n) is 3.44. The number of aromatic nitrogens is 1. The van der Waals surface area contributed by atoms with Crippen molar-refractivity contribution in [3.63, 3.8) is 0 Å². The minimum atomic E-state index is -3.47. The van der Waals surface area contributed by atoms with Crippen LogP contribution in [0.1, 0.15) is 25.0 Å². The molecule has 1 aliphatic carbocycles. The van der Waals surface area contributed by atoms with Gasteiger partial charge in [0.15, 0.2) is 0 Å². The number of pyridine rings is 1. The Labute approximate surface area is 118 Å². The lowest BCUT2D eigenvalue weighted by Crippen LogP contribution is -2.34. The van der Waals surface area contributed by atoms with E-state index in [9.17, 15) is 8.42 Å². The number of nitrogens with zero attached hydrogens (tertiary/aromatic N) is 2. The van der Waals surface area contributed by atoms with E-state index in [2.05, 4.69) is 4.98 Å². The molecule has 0 spiro atoms. The molecule has 104 valence electrons. The van der Waals surface area contributed by atoms with Crippen molar-refractivity contribution < 1.29 is 8.42 Å².